The normalized spacial score (nSPS) is 10.6. The smallest absolute Gasteiger partial charge is 0.387 e. The van der Waals surface area contributed by atoms with E-state index in [2.05, 4.69) is 15.0 Å². The molecule has 0 saturated carbocycles. The Morgan fingerprint density at radius 2 is 1.86 bits per heavy atom. The Hall–Kier alpha value is -3.19. The third-order valence-corrected chi connectivity index (χ3v) is 4.07. The molecule has 3 rings (SSSR count). The van der Waals surface area contributed by atoms with E-state index in [1.165, 1.54) is 37.6 Å². The van der Waals surface area contributed by atoms with Crippen molar-refractivity contribution in [3.8, 4) is 22.6 Å². The van der Waals surface area contributed by atoms with Crippen molar-refractivity contribution in [1.82, 2.24) is 4.98 Å². The number of aromatic nitrogens is 1. The summed E-state index contributed by atoms with van der Waals surface area (Å²) in [6.07, 6.45) is 1.34. The van der Waals surface area contributed by atoms with Crippen LogP contribution in [0.2, 0.25) is 5.15 Å². The zero-order valence-corrected chi connectivity index (χ0v) is 15.4. The highest BCUT2D eigenvalue weighted by Crippen LogP contribution is 2.34. The van der Waals surface area contributed by atoms with E-state index in [1.807, 2.05) is 0 Å². The van der Waals surface area contributed by atoms with E-state index in [4.69, 9.17) is 16.3 Å². The topological polar surface area (TPSA) is 60.5 Å². The van der Waals surface area contributed by atoms with Crippen LogP contribution in [-0.2, 0) is 0 Å². The second-order valence-electron chi connectivity index (χ2n) is 5.64. The molecule has 0 saturated heterocycles. The molecule has 28 heavy (non-hydrogen) atoms. The minimum Gasteiger partial charge on any atom is -0.497 e. The molecule has 8 heteroatoms. The maximum absolute atomic E-state index is 12.8. The number of nitrogens with one attached hydrogen (secondary N) is 1. The average molecular weight is 405 g/mol. The molecule has 5 nitrogen and oxygen atoms in total. The third kappa shape index (κ3) is 4.75. The van der Waals surface area contributed by atoms with Gasteiger partial charge in [0.1, 0.15) is 16.7 Å². The second kappa shape index (κ2) is 8.67. The van der Waals surface area contributed by atoms with Gasteiger partial charge in [-0.2, -0.15) is 8.78 Å². The minimum absolute atomic E-state index is 0.00803. The molecular weight excluding hydrogens is 390 g/mol. The van der Waals surface area contributed by atoms with Gasteiger partial charge in [0.2, 0.25) is 0 Å². The summed E-state index contributed by atoms with van der Waals surface area (Å²) in [6, 6.07) is 14.3. The van der Waals surface area contributed by atoms with Crippen LogP contribution in [0.5, 0.6) is 11.5 Å². The fourth-order valence-corrected chi connectivity index (χ4v) is 2.63. The minimum atomic E-state index is -2.97. The van der Waals surface area contributed by atoms with Crippen LogP contribution in [0, 0.1) is 0 Å². The number of hydrogen-bond donors (Lipinski definition) is 1. The van der Waals surface area contributed by atoms with Gasteiger partial charge in [-0.1, -0.05) is 23.7 Å². The van der Waals surface area contributed by atoms with Crippen molar-refractivity contribution in [3.05, 3.63) is 71.5 Å². The Morgan fingerprint density at radius 3 is 2.46 bits per heavy atom. The Labute approximate surface area is 164 Å². The van der Waals surface area contributed by atoms with Crippen molar-refractivity contribution in [2.24, 2.45) is 0 Å². The van der Waals surface area contributed by atoms with Crippen molar-refractivity contribution >= 4 is 23.2 Å². The van der Waals surface area contributed by atoms with Gasteiger partial charge in [0, 0.05) is 17.4 Å². The predicted octanol–water partition coefficient (Wildman–Crippen LogP) is 5.26. The summed E-state index contributed by atoms with van der Waals surface area (Å²) in [5.41, 5.74) is 1.74. The number of pyridine rings is 1. The van der Waals surface area contributed by atoms with E-state index >= 15 is 0 Å². The molecule has 1 heterocycles. The van der Waals surface area contributed by atoms with Gasteiger partial charge in [0.15, 0.2) is 0 Å². The van der Waals surface area contributed by atoms with Crippen molar-refractivity contribution in [2.45, 2.75) is 6.61 Å². The van der Waals surface area contributed by atoms with Crippen molar-refractivity contribution in [1.29, 1.82) is 0 Å². The van der Waals surface area contributed by atoms with Gasteiger partial charge in [0.05, 0.1) is 12.7 Å². The SMILES string of the molecule is COc1ccc(-c2cc(NC(=O)c3ccc(Cl)nc3)ccc2OC(F)F)cc1. The number of nitrogens with zero attached hydrogens (tertiary/aromatic N) is 1. The highest BCUT2D eigenvalue weighted by molar-refractivity contribution is 6.29. The largest absolute Gasteiger partial charge is 0.497 e. The van der Waals surface area contributed by atoms with E-state index in [-0.39, 0.29) is 10.9 Å². The van der Waals surface area contributed by atoms with Gasteiger partial charge in [-0.25, -0.2) is 4.98 Å². The van der Waals surface area contributed by atoms with Gasteiger partial charge in [-0.15, -0.1) is 0 Å². The Morgan fingerprint density at radius 1 is 1.11 bits per heavy atom. The van der Waals surface area contributed by atoms with Crippen molar-refractivity contribution < 1.29 is 23.0 Å². The lowest BCUT2D eigenvalue weighted by Crippen LogP contribution is -2.12. The monoisotopic (exact) mass is 404 g/mol. The summed E-state index contributed by atoms with van der Waals surface area (Å²) in [4.78, 5) is 16.2. The maximum Gasteiger partial charge on any atom is 0.387 e. The molecule has 0 aliphatic carbocycles. The van der Waals surface area contributed by atoms with Gasteiger partial charge < -0.3 is 14.8 Å². The van der Waals surface area contributed by atoms with Gasteiger partial charge in [0.25, 0.3) is 5.91 Å². The number of methoxy groups -OCH3 is 1. The molecule has 0 aliphatic rings. The first-order chi connectivity index (χ1) is 13.5. The molecule has 0 fully saturated rings. The standard InChI is InChI=1S/C20H15ClF2N2O3/c1-27-15-6-2-12(3-7-15)16-10-14(5-8-17(16)28-20(22)23)25-19(26)13-4-9-18(21)24-11-13/h2-11,20H,1H3,(H,25,26). The number of alkyl halides is 2. The van der Waals surface area contributed by atoms with Crippen LogP contribution >= 0.6 is 11.6 Å². The summed E-state index contributed by atoms with van der Waals surface area (Å²) >= 11 is 5.72. The molecule has 2 aromatic carbocycles. The quantitative estimate of drug-likeness (QED) is 0.569. The number of ether oxygens (including phenoxy) is 2. The third-order valence-electron chi connectivity index (χ3n) is 3.84. The number of carbonyl (C=O) groups excluding carboxylic acids is 1. The van der Waals surface area contributed by atoms with Crippen molar-refractivity contribution in [2.75, 3.05) is 12.4 Å². The lowest BCUT2D eigenvalue weighted by molar-refractivity contribution is -0.0494. The van der Waals surface area contributed by atoms with Crippen LogP contribution in [0.1, 0.15) is 10.4 Å². The first kappa shape index (κ1) is 19.6. The molecular formula is C20H15ClF2N2O3. The van der Waals surface area contributed by atoms with Crippen LogP contribution < -0.4 is 14.8 Å². The molecule has 144 valence electrons. The predicted molar refractivity (Wildman–Crippen MR) is 102 cm³/mol. The molecule has 3 aromatic rings. The molecule has 0 bridgehead atoms. The molecule has 1 amide bonds. The van der Waals surface area contributed by atoms with Crippen LogP contribution in [0.15, 0.2) is 60.8 Å². The zero-order chi connectivity index (χ0) is 20.1. The molecule has 1 N–H and O–H groups in total. The van der Waals surface area contributed by atoms with Crippen molar-refractivity contribution in [3.63, 3.8) is 0 Å². The van der Waals surface area contributed by atoms with E-state index in [1.54, 1.807) is 30.3 Å². The molecule has 0 radical (unpaired) electrons. The summed E-state index contributed by atoms with van der Waals surface area (Å²) < 4.78 is 35.3. The lowest BCUT2D eigenvalue weighted by Gasteiger charge is -2.14. The Kier molecular flexibility index (Phi) is 6.06. The number of carbonyl (C=O) groups is 1. The number of halogens is 3. The number of benzene rings is 2. The molecule has 1 aromatic heterocycles. The molecule has 0 unspecified atom stereocenters. The van der Waals surface area contributed by atoms with E-state index in [9.17, 15) is 13.6 Å². The highest BCUT2D eigenvalue weighted by atomic mass is 35.5. The van der Waals surface area contributed by atoms with Crippen LogP contribution in [0.4, 0.5) is 14.5 Å². The maximum atomic E-state index is 12.8. The first-order valence-electron chi connectivity index (χ1n) is 8.12. The lowest BCUT2D eigenvalue weighted by atomic mass is 10.0. The average Bonchev–Trinajstić information content (AvgIpc) is 2.69. The first-order valence-corrected chi connectivity index (χ1v) is 8.50. The summed E-state index contributed by atoms with van der Waals surface area (Å²) in [5.74, 6) is 0.207. The van der Waals surface area contributed by atoms with Crippen LogP contribution in [-0.4, -0.2) is 24.6 Å². The number of rotatable bonds is 6. The number of hydrogen-bond acceptors (Lipinski definition) is 4. The summed E-state index contributed by atoms with van der Waals surface area (Å²) in [6.45, 7) is -2.97. The fourth-order valence-electron chi connectivity index (χ4n) is 2.52. The highest BCUT2D eigenvalue weighted by Gasteiger charge is 2.14. The van der Waals surface area contributed by atoms with Crippen LogP contribution in [0.3, 0.4) is 0 Å². The van der Waals surface area contributed by atoms with Gasteiger partial charge >= 0.3 is 6.61 Å². The number of amides is 1. The molecule has 0 spiro atoms. The van der Waals surface area contributed by atoms with E-state index in [0.29, 0.717) is 28.1 Å². The summed E-state index contributed by atoms with van der Waals surface area (Å²) in [5, 5.41) is 2.97. The van der Waals surface area contributed by atoms with E-state index in [0.717, 1.165) is 0 Å². The number of anilines is 1. The Bertz CT molecular complexity index is 964. The zero-order valence-electron chi connectivity index (χ0n) is 14.7. The van der Waals surface area contributed by atoms with Gasteiger partial charge in [-0.3, -0.25) is 4.79 Å². The van der Waals surface area contributed by atoms with Crippen LogP contribution in [0.25, 0.3) is 11.1 Å². The Balaban J connectivity index is 1.92. The summed E-state index contributed by atoms with van der Waals surface area (Å²) in [7, 11) is 1.53. The second-order valence-corrected chi connectivity index (χ2v) is 6.03. The molecule has 0 atom stereocenters. The van der Waals surface area contributed by atoms with E-state index < -0.39 is 12.5 Å². The van der Waals surface area contributed by atoms with Gasteiger partial charge in [-0.05, 0) is 48.0 Å². The fraction of sp³-hybridized carbons (Fsp3) is 0.100. The molecule has 0 aliphatic heterocycles.